The zero-order valence-corrected chi connectivity index (χ0v) is 12.7. The Morgan fingerprint density at radius 3 is 2.35 bits per heavy atom. The van der Waals surface area contributed by atoms with Gasteiger partial charge in [0.15, 0.2) is 0 Å². The second-order valence-corrected chi connectivity index (χ2v) is 7.00. The van der Waals surface area contributed by atoms with Crippen LogP contribution in [0.1, 0.15) is 12.5 Å². The van der Waals surface area contributed by atoms with Gasteiger partial charge >= 0.3 is 0 Å². The Morgan fingerprint density at radius 1 is 1.05 bits per heavy atom. The first-order valence-electron chi connectivity index (χ1n) is 6.34. The van der Waals surface area contributed by atoms with Crippen molar-refractivity contribution in [3.8, 4) is 0 Å². The van der Waals surface area contributed by atoms with Gasteiger partial charge in [-0.25, -0.2) is 8.42 Å². The van der Waals surface area contributed by atoms with Crippen molar-refractivity contribution in [1.29, 1.82) is 0 Å². The Balaban J connectivity index is 2.25. The van der Waals surface area contributed by atoms with Crippen molar-refractivity contribution in [2.45, 2.75) is 18.4 Å². The number of para-hydroxylation sites is 1. The summed E-state index contributed by atoms with van der Waals surface area (Å²) in [6, 6.07) is 16.7. The molecule has 0 radical (unpaired) electrons. The van der Waals surface area contributed by atoms with Gasteiger partial charge in [-0.3, -0.25) is 0 Å². The summed E-state index contributed by atoms with van der Waals surface area (Å²) in [7, 11) is 1.70. The molecule has 0 heterocycles. The largest absolute Gasteiger partial charge is 0.367 e. The molecule has 0 saturated heterocycles. The SMILES string of the molecule is CCN(Cc1cccc(S(=O)(=O)Cl)c1)c1ccccc1. The van der Waals surface area contributed by atoms with E-state index >= 15 is 0 Å². The smallest absolute Gasteiger partial charge is 0.261 e. The summed E-state index contributed by atoms with van der Waals surface area (Å²) < 4.78 is 22.7. The van der Waals surface area contributed by atoms with Crippen molar-refractivity contribution in [2.75, 3.05) is 11.4 Å². The molecule has 0 bridgehead atoms. The Labute approximate surface area is 124 Å². The highest BCUT2D eigenvalue weighted by atomic mass is 35.7. The van der Waals surface area contributed by atoms with E-state index in [1.54, 1.807) is 12.1 Å². The molecule has 0 saturated carbocycles. The van der Waals surface area contributed by atoms with E-state index in [-0.39, 0.29) is 4.90 Å². The summed E-state index contributed by atoms with van der Waals surface area (Å²) in [5.41, 5.74) is 2.02. The van der Waals surface area contributed by atoms with Crippen LogP contribution >= 0.6 is 10.7 Å². The molecule has 106 valence electrons. The molecule has 0 aliphatic rings. The van der Waals surface area contributed by atoms with E-state index in [1.807, 2.05) is 36.4 Å². The van der Waals surface area contributed by atoms with E-state index in [1.165, 1.54) is 6.07 Å². The van der Waals surface area contributed by atoms with Gasteiger partial charge in [0.2, 0.25) is 0 Å². The third-order valence-electron chi connectivity index (χ3n) is 3.06. The molecule has 0 aromatic heterocycles. The molecule has 0 atom stereocenters. The molecule has 2 aromatic rings. The van der Waals surface area contributed by atoms with Gasteiger partial charge in [-0.05, 0) is 36.8 Å². The van der Waals surface area contributed by atoms with Gasteiger partial charge in [0.25, 0.3) is 9.05 Å². The zero-order valence-electron chi connectivity index (χ0n) is 11.2. The first kappa shape index (κ1) is 14.9. The maximum Gasteiger partial charge on any atom is 0.261 e. The lowest BCUT2D eigenvalue weighted by atomic mass is 10.2. The van der Waals surface area contributed by atoms with Crippen LogP contribution in [0.25, 0.3) is 0 Å². The topological polar surface area (TPSA) is 37.4 Å². The monoisotopic (exact) mass is 309 g/mol. The third kappa shape index (κ3) is 3.74. The van der Waals surface area contributed by atoms with Crippen molar-refractivity contribution in [3.05, 3.63) is 60.2 Å². The van der Waals surface area contributed by atoms with Crippen molar-refractivity contribution in [1.82, 2.24) is 0 Å². The fourth-order valence-corrected chi connectivity index (χ4v) is 2.86. The van der Waals surface area contributed by atoms with Crippen LogP contribution in [0.2, 0.25) is 0 Å². The molecule has 0 unspecified atom stereocenters. The van der Waals surface area contributed by atoms with Gasteiger partial charge in [-0.1, -0.05) is 30.3 Å². The van der Waals surface area contributed by atoms with Gasteiger partial charge in [-0.15, -0.1) is 0 Å². The highest BCUT2D eigenvalue weighted by Gasteiger charge is 2.11. The number of nitrogens with zero attached hydrogens (tertiary/aromatic N) is 1. The zero-order chi connectivity index (χ0) is 14.6. The normalized spacial score (nSPS) is 11.3. The quantitative estimate of drug-likeness (QED) is 0.791. The molecule has 2 aromatic carbocycles. The Bertz CT molecular complexity index is 671. The molecule has 0 aliphatic carbocycles. The molecule has 2 rings (SSSR count). The minimum absolute atomic E-state index is 0.140. The van der Waals surface area contributed by atoms with Gasteiger partial charge < -0.3 is 4.90 Å². The Hall–Kier alpha value is -1.52. The number of hydrogen-bond donors (Lipinski definition) is 0. The number of anilines is 1. The average molecular weight is 310 g/mol. The second-order valence-electron chi connectivity index (χ2n) is 4.43. The molecule has 5 heteroatoms. The van der Waals surface area contributed by atoms with Crippen LogP contribution in [-0.4, -0.2) is 15.0 Å². The minimum atomic E-state index is -3.68. The van der Waals surface area contributed by atoms with Crippen LogP contribution in [0.15, 0.2) is 59.5 Å². The lowest BCUT2D eigenvalue weighted by molar-refractivity contribution is 0.609. The summed E-state index contributed by atoms with van der Waals surface area (Å²) in [5.74, 6) is 0. The van der Waals surface area contributed by atoms with Crippen LogP contribution in [0.5, 0.6) is 0 Å². The summed E-state index contributed by atoms with van der Waals surface area (Å²) in [6.45, 7) is 3.54. The molecule has 0 spiro atoms. The van der Waals surface area contributed by atoms with E-state index in [4.69, 9.17) is 10.7 Å². The molecule has 0 amide bonds. The van der Waals surface area contributed by atoms with E-state index in [0.717, 1.165) is 17.8 Å². The van der Waals surface area contributed by atoms with E-state index in [0.29, 0.717) is 6.54 Å². The van der Waals surface area contributed by atoms with Crippen LogP contribution in [-0.2, 0) is 15.6 Å². The molecular formula is C15H16ClNO2S. The Morgan fingerprint density at radius 2 is 1.75 bits per heavy atom. The second kappa shape index (κ2) is 6.29. The summed E-state index contributed by atoms with van der Waals surface area (Å²) in [4.78, 5) is 2.31. The molecule has 0 fully saturated rings. The van der Waals surface area contributed by atoms with Crippen molar-refractivity contribution in [2.24, 2.45) is 0 Å². The van der Waals surface area contributed by atoms with Crippen LogP contribution in [0, 0.1) is 0 Å². The highest BCUT2D eigenvalue weighted by Crippen LogP contribution is 2.20. The average Bonchev–Trinajstić information content (AvgIpc) is 2.45. The lowest BCUT2D eigenvalue weighted by Gasteiger charge is -2.23. The number of halogens is 1. The van der Waals surface area contributed by atoms with Crippen molar-refractivity contribution >= 4 is 25.4 Å². The molecule has 3 nitrogen and oxygen atoms in total. The van der Waals surface area contributed by atoms with Crippen LogP contribution in [0.3, 0.4) is 0 Å². The van der Waals surface area contributed by atoms with Gasteiger partial charge in [0.1, 0.15) is 0 Å². The van der Waals surface area contributed by atoms with Gasteiger partial charge in [-0.2, -0.15) is 0 Å². The molecule has 20 heavy (non-hydrogen) atoms. The fourth-order valence-electron chi connectivity index (χ4n) is 2.04. The fraction of sp³-hybridized carbons (Fsp3) is 0.200. The molecule has 0 aliphatic heterocycles. The van der Waals surface area contributed by atoms with Crippen LogP contribution < -0.4 is 4.90 Å². The van der Waals surface area contributed by atoms with Gasteiger partial charge in [0, 0.05) is 29.5 Å². The maximum atomic E-state index is 11.4. The van der Waals surface area contributed by atoms with Crippen molar-refractivity contribution < 1.29 is 8.42 Å². The first-order valence-corrected chi connectivity index (χ1v) is 8.65. The van der Waals surface area contributed by atoms with Crippen LogP contribution in [0.4, 0.5) is 5.69 Å². The summed E-state index contributed by atoms with van der Waals surface area (Å²) >= 11 is 0. The molecular weight excluding hydrogens is 294 g/mol. The predicted molar refractivity (Wildman–Crippen MR) is 82.6 cm³/mol. The number of rotatable bonds is 5. The maximum absolute atomic E-state index is 11.4. The minimum Gasteiger partial charge on any atom is -0.367 e. The highest BCUT2D eigenvalue weighted by molar-refractivity contribution is 8.13. The summed E-state index contributed by atoms with van der Waals surface area (Å²) in [6.07, 6.45) is 0. The molecule has 0 N–H and O–H groups in total. The van der Waals surface area contributed by atoms with E-state index in [2.05, 4.69) is 11.8 Å². The van der Waals surface area contributed by atoms with E-state index in [9.17, 15) is 8.42 Å². The third-order valence-corrected chi connectivity index (χ3v) is 4.41. The number of benzene rings is 2. The predicted octanol–water partition coefficient (Wildman–Crippen LogP) is 3.64. The Kier molecular flexibility index (Phi) is 4.68. The lowest BCUT2D eigenvalue weighted by Crippen LogP contribution is -2.21. The number of hydrogen-bond acceptors (Lipinski definition) is 3. The summed E-state index contributed by atoms with van der Waals surface area (Å²) in [5, 5.41) is 0. The van der Waals surface area contributed by atoms with E-state index < -0.39 is 9.05 Å². The van der Waals surface area contributed by atoms with Gasteiger partial charge in [0.05, 0.1) is 4.90 Å². The first-order chi connectivity index (χ1) is 9.50. The standard InChI is InChI=1S/C15H16ClNO2S/c1-2-17(14-8-4-3-5-9-14)12-13-7-6-10-15(11-13)20(16,18)19/h3-11H,2,12H2,1H3. The van der Waals surface area contributed by atoms with Crippen molar-refractivity contribution in [3.63, 3.8) is 0 Å².